The Kier molecular flexibility index (Phi) is 17.9. The number of alkyl carbamates (subject to hydrolysis) is 1. The molecule has 0 aromatic heterocycles. The van der Waals surface area contributed by atoms with Crippen molar-refractivity contribution in [3.05, 3.63) is 0 Å². The second-order valence-electron chi connectivity index (χ2n) is 11.7. The van der Waals surface area contributed by atoms with E-state index in [1.54, 1.807) is 0 Å². The Balaban J connectivity index is 3.83. The van der Waals surface area contributed by atoms with Crippen molar-refractivity contribution in [2.75, 3.05) is 19.7 Å². The molecule has 13 heteroatoms. The maximum absolute atomic E-state index is 12.3. The summed E-state index contributed by atoms with van der Waals surface area (Å²) < 4.78 is 17.8. The summed E-state index contributed by atoms with van der Waals surface area (Å²) in [5.41, 5.74) is 0. The van der Waals surface area contributed by atoms with E-state index in [4.69, 9.17) is 13.0 Å². The van der Waals surface area contributed by atoms with Crippen molar-refractivity contribution in [3.8, 4) is 0 Å². The van der Waals surface area contributed by atoms with Crippen LogP contribution in [0.15, 0.2) is 0 Å². The molecule has 0 fully saturated rings. The van der Waals surface area contributed by atoms with E-state index in [9.17, 15) is 19.2 Å². The zero-order valence-electron chi connectivity index (χ0n) is 25.1. The zero-order chi connectivity index (χ0) is 29.2. The molecule has 0 rings (SSSR count). The van der Waals surface area contributed by atoms with Crippen LogP contribution in [0.25, 0.3) is 0 Å². The molecule has 0 aliphatic heterocycles. The van der Waals surface area contributed by atoms with Crippen LogP contribution in [-0.2, 0) is 22.6 Å². The van der Waals surface area contributed by atoms with Crippen LogP contribution in [0.2, 0.25) is 51.9 Å². The Morgan fingerprint density at radius 3 is 1.84 bits per heavy atom. The fraction of sp³-hybridized carbons (Fsp3) is 0.840. The van der Waals surface area contributed by atoms with Crippen molar-refractivity contribution in [1.29, 1.82) is 0 Å². The molecule has 0 spiro atoms. The molecule has 0 aliphatic carbocycles. The van der Waals surface area contributed by atoms with Gasteiger partial charge in [0.05, 0.1) is 6.61 Å². The molecule has 0 aliphatic rings. The Labute approximate surface area is 233 Å². The number of carbonyl (C=O) groups excluding carboxylic acids is 4. The number of carbonyl (C=O) groups is 4. The van der Waals surface area contributed by atoms with E-state index in [-0.39, 0.29) is 18.3 Å². The third kappa shape index (κ3) is 23.6. The summed E-state index contributed by atoms with van der Waals surface area (Å²) in [7, 11) is -5.84. The first-order valence-electron chi connectivity index (χ1n) is 13.9. The van der Waals surface area contributed by atoms with E-state index >= 15 is 0 Å². The first-order valence-corrected chi connectivity index (χ1v) is 23.2. The molecule has 4 amide bonds. The highest BCUT2D eigenvalue weighted by Crippen LogP contribution is 2.24. The van der Waals surface area contributed by atoms with Gasteiger partial charge in [-0.05, 0) is 84.0 Å². The summed E-state index contributed by atoms with van der Waals surface area (Å²) in [6, 6.07) is 0.216. The van der Waals surface area contributed by atoms with Crippen LogP contribution in [0, 0.1) is 0 Å². The van der Waals surface area contributed by atoms with E-state index in [0.717, 1.165) is 44.6 Å². The smallest absolute Gasteiger partial charge is 0.415 e. The molecular formula is C25H53N3O7Si3. The van der Waals surface area contributed by atoms with Gasteiger partial charge in [0, 0.05) is 32.9 Å². The minimum Gasteiger partial charge on any atom is -0.449 e. The SMILES string of the molecule is CC(=O)NCCCCCCNC(=O)NC(=O)OCCCCCC(=O)CC[Si](C)(C)O[Si](C)(C)O[Si](C)(C)C. The van der Waals surface area contributed by atoms with Gasteiger partial charge >= 0.3 is 20.7 Å². The molecule has 222 valence electrons. The predicted octanol–water partition coefficient (Wildman–Crippen LogP) is 5.41. The molecule has 0 bridgehead atoms. The highest BCUT2D eigenvalue weighted by molar-refractivity contribution is 6.87. The minimum absolute atomic E-state index is 0.0299. The number of ether oxygens (including phenoxy) is 1. The van der Waals surface area contributed by atoms with Crippen LogP contribution < -0.4 is 16.0 Å². The fourth-order valence-electron chi connectivity index (χ4n) is 4.05. The van der Waals surface area contributed by atoms with Gasteiger partial charge in [0.15, 0.2) is 16.6 Å². The Hall–Kier alpha value is -1.55. The van der Waals surface area contributed by atoms with Gasteiger partial charge in [-0.25, -0.2) is 14.9 Å². The van der Waals surface area contributed by atoms with Crippen molar-refractivity contribution in [2.24, 2.45) is 0 Å². The Morgan fingerprint density at radius 2 is 1.26 bits per heavy atom. The topological polar surface area (TPSA) is 132 Å². The highest BCUT2D eigenvalue weighted by atomic mass is 28.5. The number of nitrogens with one attached hydrogen (secondary N) is 3. The maximum Gasteiger partial charge on any atom is 0.415 e. The van der Waals surface area contributed by atoms with Crippen LogP contribution in [0.1, 0.15) is 64.7 Å². The lowest BCUT2D eigenvalue weighted by Crippen LogP contribution is -2.51. The minimum atomic E-state index is -2.19. The summed E-state index contributed by atoms with van der Waals surface area (Å²) in [5, 5.41) is 7.51. The number of Topliss-reactive ketones (excluding diaryl/α,β-unsaturated/α-hetero) is 1. The Morgan fingerprint density at radius 1 is 0.684 bits per heavy atom. The molecule has 0 radical (unpaired) electrons. The number of urea groups is 1. The molecule has 0 saturated carbocycles. The molecule has 0 heterocycles. The molecule has 0 saturated heterocycles. The molecule has 10 nitrogen and oxygen atoms in total. The van der Waals surface area contributed by atoms with Crippen LogP contribution in [0.4, 0.5) is 9.59 Å². The lowest BCUT2D eigenvalue weighted by Gasteiger charge is -2.37. The second-order valence-corrected chi connectivity index (χ2v) is 24.4. The summed E-state index contributed by atoms with van der Waals surface area (Å²) in [6.07, 6.45) is 6.00. The number of rotatable bonds is 20. The van der Waals surface area contributed by atoms with Gasteiger partial charge in [-0.3, -0.25) is 9.59 Å². The molecule has 0 aromatic carbocycles. The van der Waals surface area contributed by atoms with E-state index in [2.05, 4.69) is 61.8 Å². The van der Waals surface area contributed by atoms with Crippen LogP contribution in [-0.4, -0.2) is 68.7 Å². The molecule has 38 heavy (non-hydrogen) atoms. The average Bonchev–Trinajstić information content (AvgIpc) is 2.73. The van der Waals surface area contributed by atoms with E-state index in [1.165, 1.54) is 6.92 Å². The number of amides is 4. The van der Waals surface area contributed by atoms with E-state index in [1.807, 2.05) is 0 Å². The summed E-state index contributed by atoms with van der Waals surface area (Å²) in [6.45, 7) is 17.8. The molecule has 0 atom stereocenters. The van der Waals surface area contributed by atoms with Crippen molar-refractivity contribution in [3.63, 3.8) is 0 Å². The molecule has 0 aromatic rings. The lowest BCUT2D eigenvalue weighted by atomic mass is 10.1. The number of hydrogen-bond donors (Lipinski definition) is 3. The quantitative estimate of drug-likeness (QED) is 0.127. The number of ketones is 1. The van der Waals surface area contributed by atoms with Crippen molar-refractivity contribution < 1.29 is 32.1 Å². The van der Waals surface area contributed by atoms with Gasteiger partial charge < -0.3 is 23.6 Å². The van der Waals surface area contributed by atoms with Gasteiger partial charge in [-0.2, -0.15) is 0 Å². The lowest BCUT2D eigenvalue weighted by molar-refractivity contribution is -0.119. The summed E-state index contributed by atoms with van der Waals surface area (Å²) in [5.74, 6) is 0.209. The molecule has 3 N–H and O–H groups in total. The number of unbranched alkanes of at least 4 members (excludes halogenated alkanes) is 5. The third-order valence-corrected chi connectivity index (χ3v) is 15.4. The largest absolute Gasteiger partial charge is 0.449 e. The zero-order valence-corrected chi connectivity index (χ0v) is 28.1. The summed E-state index contributed by atoms with van der Waals surface area (Å²) in [4.78, 5) is 46.6. The fourth-order valence-corrected chi connectivity index (χ4v) is 17.1. The number of imide groups is 1. The van der Waals surface area contributed by atoms with Gasteiger partial charge in [0.2, 0.25) is 5.91 Å². The van der Waals surface area contributed by atoms with Gasteiger partial charge in [-0.1, -0.05) is 12.8 Å². The first-order chi connectivity index (χ1) is 17.5. The Bertz CT molecular complexity index is 744. The normalized spacial score (nSPS) is 12.1. The van der Waals surface area contributed by atoms with Crippen molar-refractivity contribution in [2.45, 2.75) is 117 Å². The second kappa shape index (κ2) is 18.7. The van der Waals surface area contributed by atoms with Gasteiger partial charge in [0.1, 0.15) is 5.78 Å². The molecular weight excluding hydrogens is 539 g/mol. The summed E-state index contributed by atoms with van der Waals surface area (Å²) >= 11 is 0. The maximum atomic E-state index is 12.3. The predicted molar refractivity (Wildman–Crippen MR) is 158 cm³/mol. The number of hydrogen-bond acceptors (Lipinski definition) is 7. The van der Waals surface area contributed by atoms with Crippen LogP contribution in [0.3, 0.4) is 0 Å². The monoisotopic (exact) mass is 591 g/mol. The first kappa shape index (κ1) is 36.5. The van der Waals surface area contributed by atoms with E-state index < -0.39 is 37.3 Å². The average molecular weight is 592 g/mol. The standard InChI is InChI=1S/C25H53N3O7Si3/c1-22(29)26-18-13-9-10-14-19-27-24(31)28-25(32)33-20-15-11-12-16-23(30)17-21-37(5,6)35-38(7,8)34-36(2,3)4/h9-21H2,1-8H3,(H,26,29)(H2,27,28,31,32). The van der Waals surface area contributed by atoms with E-state index in [0.29, 0.717) is 32.4 Å². The van der Waals surface area contributed by atoms with Crippen molar-refractivity contribution in [1.82, 2.24) is 16.0 Å². The van der Waals surface area contributed by atoms with Crippen LogP contribution in [0.5, 0.6) is 0 Å². The van der Waals surface area contributed by atoms with Crippen molar-refractivity contribution >= 4 is 49.0 Å². The van der Waals surface area contributed by atoms with Gasteiger partial charge in [-0.15, -0.1) is 0 Å². The molecule has 0 unspecified atom stereocenters. The highest BCUT2D eigenvalue weighted by Gasteiger charge is 2.37. The third-order valence-electron chi connectivity index (χ3n) is 5.39. The van der Waals surface area contributed by atoms with Crippen LogP contribution >= 0.6 is 0 Å². The van der Waals surface area contributed by atoms with Gasteiger partial charge in [0.25, 0.3) is 0 Å².